The van der Waals surface area contributed by atoms with Gasteiger partial charge in [0.25, 0.3) is 0 Å². The van der Waals surface area contributed by atoms with Crippen LogP contribution in [0.4, 0.5) is 0 Å². The van der Waals surface area contributed by atoms with Crippen molar-refractivity contribution in [2.24, 2.45) is 0 Å². The summed E-state index contributed by atoms with van der Waals surface area (Å²) in [6.07, 6.45) is 4.04. The molecular weight excluding hydrogens is 208 g/mol. The van der Waals surface area contributed by atoms with Crippen molar-refractivity contribution in [3.8, 4) is 0 Å². The van der Waals surface area contributed by atoms with Gasteiger partial charge in [0.2, 0.25) is 0 Å². The Bertz CT molecular complexity index is 373. The predicted molar refractivity (Wildman–Crippen MR) is 57.3 cm³/mol. The van der Waals surface area contributed by atoms with Gasteiger partial charge in [0.05, 0.1) is 12.7 Å². The quantitative estimate of drug-likeness (QED) is 0.760. The van der Waals surface area contributed by atoms with Crippen LogP contribution in [0.25, 0.3) is 0 Å². The van der Waals surface area contributed by atoms with Crippen LogP contribution in [0, 0.1) is 0 Å². The second-order valence-electron chi connectivity index (χ2n) is 4.03. The Kier molecular flexibility index (Phi) is 3.19. The van der Waals surface area contributed by atoms with E-state index in [0.29, 0.717) is 6.54 Å². The standard InChI is InChI=1S/C10H16N4O2/c1-2-13(8-3-4-8)5-6-14-7-9(10(15)16)11-12-14/h7-8H,2-6H2,1H3,(H,15,16). The summed E-state index contributed by atoms with van der Waals surface area (Å²) in [4.78, 5) is 13.0. The molecule has 1 fully saturated rings. The number of carbonyl (C=O) groups is 1. The Balaban J connectivity index is 1.85. The molecule has 0 bridgehead atoms. The number of rotatable bonds is 6. The lowest BCUT2D eigenvalue weighted by Crippen LogP contribution is -2.29. The van der Waals surface area contributed by atoms with E-state index in [9.17, 15) is 4.79 Å². The van der Waals surface area contributed by atoms with E-state index in [2.05, 4.69) is 22.1 Å². The summed E-state index contributed by atoms with van der Waals surface area (Å²) >= 11 is 0. The first-order valence-corrected chi connectivity index (χ1v) is 5.58. The van der Waals surface area contributed by atoms with Crippen molar-refractivity contribution in [2.75, 3.05) is 13.1 Å². The van der Waals surface area contributed by atoms with E-state index in [0.717, 1.165) is 19.1 Å². The van der Waals surface area contributed by atoms with Crippen LogP contribution in [-0.4, -0.2) is 50.1 Å². The molecule has 6 heteroatoms. The SMILES string of the molecule is CCN(CCn1cc(C(=O)O)nn1)C1CC1. The molecule has 0 radical (unpaired) electrons. The van der Waals surface area contributed by atoms with Crippen molar-refractivity contribution < 1.29 is 9.90 Å². The van der Waals surface area contributed by atoms with E-state index in [1.807, 2.05) is 0 Å². The molecule has 0 spiro atoms. The molecular formula is C10H16N4O2. The summed E-state index contributed by atoms with van der Waals surface area (Å²) < 4.78 is 1.59. The second kappa shape index (κ2) is 4.61. The minimum absolute atomic E-state index is 0.00877. The fourth-order valence-electron chi connectivity index (χ4n) is 1.78. The molecule has 1 heterocycles. The molecule has 0 saturated heterocycles. The normalized spacial score (nSPS) is 15.6. The number of nitrogens with zero attached hydrogens (tertiary/aromatic N) is 4. The maximum atomic E-state index is 10.6. The molecule has 88 valence electrons. The number of hydrogen-bond donors (Lipinski definition) is 1. The highest BCUT2D eigenvalue weighted by Gasteiger charge is 2.27. The number of aromatic carboxylic acids is 1. The summed E-state index contributed by atoms with van der Waals surface area (Å²) in [6, 6.07) is 0.729. The number of carboxylic acids is 1. The van der Waals surface area contributed by atoms with Crippen molar-refractivity contribution in [1.82, 2.24) is 19.9 Å². The van der Waals surface area contributed by atoms with Crippen molar-refractivity contribution in [2.45, 2.75) is 32.4 Å². The number of hydrogen-bond acceptors (Lipinski definition) is 4. The Morgan fingerprint density at radius 2 is 2.44 bits per heavy atom. The van der Waals surface area contributed by atoms with Gasteiger partial charge in [-0.1, -0.05) is 12.1 Å². The van der Waals surface area contributed by atoms with Crippen LogP contribution in [0.5, 0.6) is 0 Å². The molecule has 0 aromatic carbocycles. The summed E-state index contributed by atoms with van der Waals surface area (Å²) in [5.74, 6) is -1.03. The van der Waals surface area contributed by atoms with Gasteiger partial charge in [-0.2, -0.15) is 0 Å². The van der Waals surface area contributed by atoms with Gasteiger partial charge in [-0.3, -0.25) is 9.58 Å². The molecule has 1 aliphatic carbocycles. The molecule has 16 heavy (non-hydrogen) atoms. The van der Waals surface area contributed by atoms with Gasteiger partial charge in [-0.05, 0) is 19.4 Å². The predicted octanol–water partition coefficient (Wildman–Crippen LogP) is 0.461. The smallest absolute Gasteiger partial charge is 0.358 e. The van der Waals surface area contributed by atoms with Crippen LogP contribution < -0.4 is 0 Å². The lowest BCUT2D eigenvalue weighted by molar-refractivity contribution is 0.0690. The largest absolute Gasteiger partial charge is 0.476 e. The molecule has 1 N–H and O–H groups in total. The summed E-state index contributed by atoms with van der Waals surface area (Å²) in [7, 11) is 0. The van der Waals surface area contributed by atoms with Gasteiger partial charge >= 0.3 is 5.97 Å². The number of likely N-dealkylation sites (N-methyl/N-ethyl adjacent to an activating group) is 1. The van der Waals surface area contributed by atoms with Crippen molar-refractivity contribution >= 4 is 5.97 Å². The van der Waals surface area contributed by atoms with E-state index in [1.165, 1.54) is 19.0 Å². The molecule has 0 aliphatic heterocycles. The van der Waals surface area contributed by atoms with Crippen molar-refractivity contribution in [1.29, 1.82) is 0 Å². The van der Waals surface area contributed by atoms with E-state index in [-0.39, 0.29) is 5.69 Å². The Labute approximate surface area is 93.9 Å². The topological polar surface area (TPSA) is 71.2 Å². The van der Waals surface area contributed by atoms with Gasteiger partial charge in [-0.25, -0.2) is 4.79 Å². The molecule has 1 aromatic rings. The maximum Gasteiger partial charge on any atom is 0.358 e. The first-order chi connectivity index (χ1) is 7.70. The van der Waals surface area contributed by atoms with Gasteiger partial charge in [0.1, 0.15) is 0 Å². The molecule has 6 nitrogen and oxygen atoms in total. The van der Waals surface area contributed by atoms with Crippen molar-refractivity contribution in [3.63, 3.8) is 0 Å². The molecule has 1 aliphatic rings. The Morgan fingerprint density at radius 3 is 2.94 bits per heavy atom. The average Bonchev–Trinajstić information content (AvgIpc) is 2.97. The van der Waals surface area contributed by atoms with Crippen LogP contribution in [-0.2, 0) is 6.54 Å². The maximum absolute atomic E-state index is 10.6. The van der Waals surface area contributed by atoms with Crippen LogP contribution in [0.2, 0.25) is 0 Å². The first kappa shape index (κ1) is 11.1. The molecule has 0 amide bonds. The molecule has 1 saturated carbocycles. The number of carboxylic acid groups (broad SMARTS) is 1. The van der Waals surface area contributed by atoms with Gasteiger partial charge in [0.15, 0.2) is 5.69 Å². The van der Waals surface area contributed by atoms with Crippen LogP contribution in [0.3, 0.4) is 0 Å². The van der Waals surface area contributed by atoms with E-state index < -0.39 is 5.97 Å². The van der Waals surface area contributed by atoms with Crippen LogP contribution in [0.15, 0.2) is 6.20 Å². The zero-order chi connectivity index (χ0) is 11.5. The van der Waals surface area contributed by atoms with Crippen molar-refractivity contribution in [3.05, 3.63) is 11.9 Å². The molecule has 0 unspecified atom stereocenters. The summed E-state index contributed by atoms with van der Waals surface area (Å²) in [6.45, 7) is 4.78. The highest BCUT2D eigenvalue weighted by Crippen LogP contribution is 2.26. The van der Waals surface area contributed by atoms with Gasteiger partial charge in [0, 0.05) is 12.6 Å². The average molecular weight is 224 g/mol. The first-order valence-electron chi connectivity index (χ1n) is 5.58. The fraction of sp³-hybridized carbons (Fsp3) is 0.700. The summed E-state index contributed by atoms with van der Waals surface area (Å²) in [5, 5.41) is 16.1. The monoisotopic (exact) mass is 224 g/mol. The van der Waals surface area contributed by atoms with E-state index >= 15 is 0 Å². The number of aromatic nitrogens is 3. The fourth-order valence-corrected chi connectivity index (χ4v) is 1.78. The lowest BCUT2D eigenvalue weighted by Gasteiger charge is -2.18. The zero-order valence-electron chi connectivity index (χ0n) is 9.33. The molecule has 0 atom stereocenters. The molecule has 1 aromatic heterocycles. The van der Waals surface area contributed by atoms with Gasteiger partial charge in [-0.15, -0.1) is 5.10 Å². The summed E-state index contributed by atoms with van der Waals surface area (Å²) in [5.41, 5.74) is 0.00877. The highest BCUT2D eigenvalue weighted by atomic mass is 16.4. The van der Waals surface area contributed by atoms with E-state index in [4.69, 9.17) is 5.11 Å². The minimum atomic E-state index is -1.03. The van der Waals surface area contributed by atoms with Gasteiger partial charge < -0.3 is 5.11 Å². The minimum Gasteiger partial charge on any atom is -0.476 e. The lowest BCUT2D eigenvalue weighted by atomic mass is 10.4. The Morgan fingerprint density at radius 1 is 1.69 bits per heavy atom. The molecule has 2 rings (SSSR count). The third-order valence-corrected chi connectivity index (χ3v) is 2.84. The highest BCUT2D eigenvalue weighted by molar-refractivity contribution is 5.84. The van der Waals surface area contributed by atoms with Crippen LogP contribution in [0.1, 0.15) is 30.3 Å². The second-order valence-corrected chi connectivity index (χ2v) is 4.03. The zero-order valence-corrected chi connectivity index (χ0v) is 9.33. The van der Waals surface area contributed by atoms with Crippen LogP contribution >= 0.6 is 0 Å². The van der Waals surface area contributed by atoms with E-state index in [1.54, 1.807) is 4.68 Å². The Hall–Kier alpha value is -1.43. The third-order valence-electron chi connectivity index (χ3n) is 2.84. The third kappa shape index (κ3) is 2.57.